The van der Waals surface area contributed by atoms with Crippen molar-refractivity contribution < 1.29 is 4.39 Å². The second-order valence-electron chi connectivity index (χ2n) is 3.85. The lowest BCUT2D eigenvalue weighted by Gasteiger charge is -2.24. The molecule has 0 spiro atoms. The monoisotopic (exact) mass is 210 g/mol. The van der Waals surface area contributed by atoms with Crippen molar-refractivity contribution in [2.45, 2.75) is 19.4 Å². The molecule has 2 nitrogen and oxygen atoms in total. The van der Waals surface area contributed by atoms with Crippen LogP contribution in [0, 0.1) is 5.82 Å². The number of benzene rings is 1. The maximum absolute atomic E-state index is 13.0. The molecule has 0 aromatic heterocycles. The lowest BCUT2D eigenvalue weighted by atomic mass is 10.1. The van der Waals surface area contributed by atoms with Crippen molar-refractivity contribution in [2.24, 2.45) is 5.73 Å². The summed E-state index contributed by atoms with van der Waals surface area (Å²) in [5.41, 5.74) is 6.46. The van der Waals surface area contributed by atoms with E-state index in [9.17, 15) is 4.39 Å². The van der Waals surface area contributed by atoms with Gasteiger partial charge in [0.15, 0.2) is 0 Å². The van der Waals surface area contributed by atoms with Crippen LogP contribution in [0.1, 0.15) is 24.9 Å². The van der Waals surface area contributed by atoms with E-state index in [4.69, 9.17) is 5.73 Å². The topological polar surface area (TPSA) is 29.3 Å². The minimum Gasteiger partial charge on any atom is -0.330 e. The van der Waals surface area contributed by atoms with Crippen LogP contribution in [0.3, 0.4) is 0 Å². The molecule has 0 aliphatic rings. The van der Waals surface area contributed by atoms with E-state index in [0.717, 1.165) is 18.5 Å². The van der Waals surface area contributed by atoms with Gasteiger partial charge in [-0.3, -0.25) is 4.90 Å². The predicted molar refractivity (Wildman–Crippen MR) is 61.1 cm³/mol. The van der Waals surface area contributed by atoms with Crippen LogP contribution < -0.4 is 5.73 Å². The first kappa shape index (κ1) is 12.1. The summed E-state index contributed by atoms with van der Waals surface area (Å²) < 4.78 is 13.0. The van der Waals surface area contributed by atoms with Gasteiger partial charge in [-0.25, -0.2) is 4.39 Å². The van der Waals surface area contributed by atoms with Crippen molar-refractivity contribution >= 4 is 0 Å². The Morgan fingerprint density at radius 3 is 2.80 bits per heavy atom. The van der Waals surface area contributed by atoms with Crippen LogP contribution in [0.25, 0.3) is 0 Å². The minimum atomic E-state index is -0.174. The number of nitrogens with zero attached hydrogens (tertiary/aromatic N) is 1. The van der Waals surface area contributed by atoms with E-state index >= 15 is 0 Å². The van der Waals surface area contributed by atoms with Gasteiger partial charge in [0, 0.05) is 6.04 Å². The zero-order valence-corrected chi connectivity index (χ0v) is 9.41. The van der Waals surface area contributed by atoms with E-state index in [2.05, 4.69) is 11.8 Å². The Kier molecular flexibility index (Phi) is 4.72. The van der Waals surface area contributed by atoms with Crippen LogP contribution >= 0.6 is 0 Å². The molecule has 0 fully saturated rings. The Hall–Kier alpha value is -0.930. The summed E-state index contributed by atoms with van der Waals surface area (Å²) in [5, 5.41) is 0. The highest BCUT2D eigenvalue weighted by molar-refractivity contribution is 5.19. The van der Waals surface area contributed by atoms with E-state index in [1.165, 1.54) is 6.07 Å². The van der Waals surface area contributed by atoms with Crippen molar-refractivity contribution in [3.63, 3.8) is 0 Å². The first-order chi connectivity index (χ1) is 7.15. The molecule has 3 heteroatoms. The summed E-state index contributed by atoms with van der Waals surface area (Å²) in [5.74, 6) is -0.174. The van der Waals surface area contributed by atoms with Gasteiger partial charge in [0.2, 0.25) is 0 Å². The number of hydrogen-bond acceptors (Lipinski definition) is 2. The number of halogens is 1. The Morgan fingerprint density at radius 1 is 1.47 bits per heavy atom. The van der Waals surface area contributed by atoms with E-state index < -0.39 is 0 Å². The fraction of sp³-hybridized carbons (Fsp3) is 0.500. The average Bonchev–Trinajstić information content (AvgIpc) is 2.24. The Morgan fingerprint density at radius 2 is 2.20 bits per heavy atom. The van der Waals surface area contributed by atoms with Crippen LogP contribution in [-0.4, -0.2) is 25.0 Å². The molecule has 0 radical (unpaired) electrons. The molecule has 2 N–H and O–H groups in total. The lowest BCUT2D eigenvalue weighted by molar-refractivity contribution is 0.259. The van der Waals surface area contributed by atoms with E-state index in [1.807, 2.05) is 13.1 Å². The molecule has 0 saturated heterocycles. The fourth-order valence-corrected chi connectivity index (χ4v) is 1.56. The molecule has 1 atom stereocenters. The third-order valence-corrected chi connectivity index (χ3v) is 2.71. The predicted octanol–water partition coefficient (Wildman–Crippen LogP) is 2.17. The van der Waals surface area contributed by atoms with Crippen LogP contribution in [0.5, 0.6) is 0 Å². The van der Waals surface area contributed by atoms with Crippen molar-refractivity contribution in [3.8, 4) is 0 Å². The lowest BCUT2D eigenvalue weighted by Crippen LogP contribution is -2.25. The van der Waals surface area contributed by atoms with Crippen molar-refractivity contribution in [3.05, 3.63) is 35.6 Å². The highest BCUT2D eigenvalue weighted by Crippen LogP contribution is 2.19. The summed E-state index contributed by atoms with van der Waals surface area (Å²) >= 11 is 0. The average molecular weight is 210 g/mol. The summed E-state index contributed by atoms with van der Waals surface area (Å²) in [6, 6.07) is 6.98. The van der Waals surface area contributed by atoms with Gasteiger partial charge >= 0.3 is 0 Å². The molecule has 15 heavy (non-hydrogen) atoms. The molecule has 0 bridgehead atoms. The standard InChI is InChI=1S/C12H19FN2/c1-10(15(2)8-4-7-14)11-5-3-6-12(13)9-11/h3,5-6,9-10H,4,7-8,14H2,1-2H3. The molecule has 1 aromatic rings. The first-order valence-corrected chi connectivity index (χ1v) is 5.31. The Bertz CT molecular complexity index is 301. The quantitative estimate of drug-likeness (QED) is 0.807. The molecule has 1 aromatic carbocycles. The van der Waals surface area contributed by atoms with Crippen molar-refractivity contribution in [1.82, 2.24) is 4.90 Å². The van der Waals surface area contributed by atoms with Gasteiger partial charge in [-0.2, -0.15) is 0 Å². The van der Waals surface area contributed by atoms with Crippen LogP contribution in [0.2, 0.25) is 0 Å². The number of hydrogen-bond donors (Lipinski definition) is 1. The third-order valence-electron chi connectivity index (χ3n) is 2.71. The first-order valence-electron chi connectivity index (χ1n) is 5.31. The summed E-state index contributed by atoms with van der Waals surface area (Å²) in [4.78, 5) is 2.18. The molecule has 0 aliphatic carbocycles. The maximum Gasteiger partial charge on any atom is 0.123 e. The Labute approximate surface area is 90.9 Å². The summed E-state index contributed by atoms with van der Waals surface area (Å²) in [6.07, 6.45) is 0.968. The van der Waals surface area contributed by atoms with E-state index in [1.54, 1.807) is 12.1 Å². The Balaban J connectivity index is 2.62. The minimum absolute atomic E-state index is 0.174. The number of nitrogens with two attached hydrogens (primary N) is 1. The largest absolute Gasteiger partial charge is 0.330 e. The second kappa shape index (κ2) is 5.83. The normalized spacial score (nSPS) is 13.1. The molecule has 0 heterocycles. The molecule has 1 rings (SSSR count). The zero-order chi connectivity index (χ0) is 11.3. The van der Waals surface area contributed by atoms with Crippen LogP contribution in [0.4, 0.5) is 4.39 Å². The molecule has 1 unspecified atom stereocenters. The molecule has 0 saturated carbocycles. The van der Waals surface area contributed by atoms with E-state index in [0.29, 0.717) is 6.54 Å². The SMILES string of the molecule is CC(c1cccc(F)c1)N(C)CCCN. The van der Waals surface area contributed by atoms with Gasteiger partial charge < -0.3 is 5.73 Å². The smallest absolute Gasteiger partial charge is 0.123 e. The fourth-order valence-electron chi connectivity index (χ4n) is 1.56. The molecule has 0 aliphatic heterocycles. The zero-order valence-electron chi connectivity index (χ0n) is 9.41. The molecular weight excluding hydrogens is 191 g/mol. The highest BCUT2D eigenvalue weighted by atomic mass is 19.1. The van der Waals surface area contributed by atoms with Crippen molar-refractivity contribution in [2.75, 3.05) is 20.1 Å². The van der Waals surface area contributed by atoms with E-state index in [-0.39, 0.29) is 11.9 Å². The number of rotatable bonds is 5. The maximum atomic E-state index is 13.0. The van der Waals surface area contributed by atoms with Crippen LogP contribution in [-0.2, 0) is 0 Å². The van der Waals surface area contributed by atoms with Gasteiger partial charge in [-0.05, 0) is 51.2 Å². The van der Waals surface area contributed by atoms with Gasteiger partial charge in [0.25, 0.3) is 0 Å². The molecule has 0 amide bonds. The summed E-state index contributed by atoms with van der Waals surface area (Å²) in [7, 11) is 2.03. The van der Waals surface area contributed by atoms with Gasteiger partial charge in [-0.1, -0.05) is 12.1 Å². The second-order valence-corrected chi connectivity index (χ2v) is 3.85. The molecule has 84 valence electrons. The highest BCUT2D eigenvalue weighted by Gasteiger charge is 2.11. The van der Waals surface area contributed by atoms with Gasteiger partial charge in [-0.15, -0.1) is 0 Å². The summed E-state index contributed by atoms with van der Waals surface area (Å²) in [6.45, 7) is 3.71. The third kappa shape index (κ3) is 3.61. The van der Waals surface area contributed by atoms with Gasteiger partial charge in [0.05, 0.1) is 0 Å². The molecular formula is C12H19FN2. The van der Waals surface area contributed by atoms with Crippen LogP contribution in [0.15, 0.2) is 24.3 Å². The van der Waals surface area contributed by atoms with Crippen molar-refractivity contribution in [1.29, 1.82) is 0 Å². The van der Waals surface area contributed by atoms with Gasteiger partial charge in [0.1, 0.15) is 5.82 Å².